The summed E-state index contributed by atoms with van der Waals surface area (Å²) in [4.78, 5) is 0. The van der Waals surface area contributed by atoms with E-state index in [0.29, 0.717) is 19.0 Å². The van der Waals surface area contributed by atoms with Crippen molar-refractivity contribution in [3.63, 3.8) is 0 Å². The summed E-state index contributed by atoms with van der Waals surface area (Å²) in [5.41, 5.74) is 0.892. The van der Waals surface area contributed by atoms with Gasteiger partial charge in [0.15, 0.2) is 11.5 Å². The summed E-state index contributed by atoms with van der Waals surface area (Å²) in [6.45, 7) is 5.22. The van der Waals surface area contributed by atoms with Gasteiger partial charge in [0.25, 0.3) is 0 Å². The van der Waals surface area contributed by atoms with Crippen molar-refractivity contribution < 1.29 is 9.47 Å². The molecule has 2 rings (SSSR count). The van der Waals surface area contributed by atoms with Gasteiger partial charge in [-0.2, -0.15) is 5.10 Å². The number of nitrogens with zero attached hydrogens (tertiary/aromatic N) is 4. The molecule has 0 saturated heterocycles. The van der Waals surface area contributed by atoms with Gasteiger partial charge in [-0.05, 0) is 47.0 Å². The zero-order chi connectivity index (χ0) is 15.1. The van der Waals surface area contributed by atoms with Gasteiger partial charge in [-0.3, -0.25) is 0 Å². The zero-order valence-electron chi connectivity index (χ0n) is 12.0. The van der Waals surface area contributed by atoms with Crippen molar-refractivity contribution in [1.82, 2.24) is 14.9 Å². The normalized spacial score (nSPS) is 11.0. The van der Waals surface area contributed by atoms with Crippen molar-refractivity contribution >= 4 is 22.1 Å². The highest BCUT2D eigenvalue weighted by Crippen LogP contribution is 2.36. The number of halogens is 1. The van der Waals surface area contributed by atoms with Crippen LogP contribution < -0.4 is 9.47 Å². The van der Waals surface area contributed by atoms with Crippen molar-refractivity contribution in [1.29, 1.82) is 0 Å². The quantitative estimate of drug-likeness (QED) is 0.718. The topological polar surface area (TPSA) is 61.5 Å². The Bertz CT molecular complexity index is 599. The monoisotopic (exact) mass is 352 g/mol. The molecule has 0 fully saturated rings. The second-order valence-electron chi connectivity index (χ2n) is 4.20. The van der Waals surface area contributed by atoms with E-state index in [4.69, 9.17) is 9.47 Å². The van der Waals surface area contributed by atoms with Gasteiger partial charge in [0, 0.05) is 0 Å². The van der Waals surface area contributed by atoms with E-state index in [1.54, 1.807) is 6.21 Å². The number of rotatable bonds is 7. The number of benzene rings is 1. The van der Waals surface area contributed by atoms with E-state index in [1.165, 1.54) is 17.3 Å². The van der Waals surface area contributed by atoms with Crippen LogP contribution in [0.2, 0.25) is 0 Å². The van der Waals surface area contributed by atoms with Gasteiger partial charge in [0.2, 0.25) is 0 Å². The van der Waals surface area contributed by atoms with Crippen LogP contribution in [0.3, 0.4) is 0 Å². The molecule has 0 atom stereocenters. The maximum absolute atomic E-state index is 5.73. The summed E-state index contributed by atoms with van der Waals surface area (Å²) in [7, 11) is 0. The molecule has 21 heavy (non-hydrogen) atoms. The third kappa shape index (κ3) is 4.29. The first kappa shape index (κ1) is 15.5. The first-order valence-corrected chi connectivity index (χ1v) is 7.52. The van der Waals surface area contributed by atoms with E-state index in [1.807, 2.05) is 19.1 Å². The van der Waals surface area contributed by atoms with E-state index in [9.17, 15) is 0 Å². The van der Waals surface area contributed by atoms with Crippen LogP contribution in [0.25, 0.3) is 0 Å². The van der Waals surface area contributed by atoms with Crippen LogP contribution in [-0.4, -0.2) is 34.3 Å². The number of aromatic nitrogens is 3. The van der Waals surface area contributed by atoms with Gasteiger partial charge < -0.3 is 9.47 Å². The molecule has 0 aliphatic rings. The Labute approximate surface area is 131 Å². The highest BCUT2D eigenvalue weighted by molar-refractivity contribution is 9.10. The molecule has 0 N–H and O–H groups in total. The Kier molecular flexibility index (Phi) is 5.74. The third-order valence-electron chi connectivity index (χ3n) is 2.53. The van der Waals surface area contributed by atoms with Gasteiger partial charge in [-0.1, -0.05) is 6.92 Å². The predicted molar refractivity (Wildman–Crippen MR) is 84.1 cm³/mol. The van der Waals surface area contributed by atoms with Gasteiger partial charge in [-0.15, -0.1) is 10.2 Å². The van der Waals surface area contributed by atoms with E-state index in [2.05, 4.69) is 38.2 Å². The van der Waals surface area contributed by atoms with Gasteiger partial charge in [0.05, 0.1) is 23.9 Å². The minimum atomic E-state index is 0.570. The van der Waals surface area contributed by atoms with Crippen molar-refractivity contribution in [2.75, 3.05) is 13.2 Å². The lowest BCUT2D eigenvalue weighted by molar-refractivity contribution is 0.275. The average Bonchev–Trinajstić information content (AvgIpc) is 2.98. The van der Waals surface area contributed by atoms with Gasteiger partial charge in [0.1, 0.15) is 12.7 Å². The minimum absolute atomic E-state index is 0.570. The molecule has 0 spiro atoms. The van der Waals surface area contributed by atoms with E-state index >= 15 is 0 Å². The highest BCUT2D eigenvalue weighted by Gasteiger charge is 2.11. The summed E-state index contributed by atoms with van der Waals surface area (Å²) >= 11 is 3.52. The molecule has 0 aliphatic heterocycles. The average molecular weight is 353 g/mol. The fourth-order valence-electron chi connectivity index (χ4n) is 1.66. The lowest BCUT2D eigenvalue weighted by atomic mass is 10.2. The third-order valence-corrected chi connectivity index (χ3v) is 3.12. The van der Waals surface area contributed by atoms with Crippen LogP contribution in [0.4, 0.5) is 0 Å². The van der Waals surface area contributed by atoms with Crippen molar-refractivity contribution in [3.05, 3.63) is 34.8 Å². The molecular formula is C14H17BrN4O2. The minimum Gasteiger partial charge on any atom is -0.490 e. The Hall–Kier alpha value is -1.89. The summed E-state index contributed by atoms with van der Waals surface area (Å²) in [5.74, 6) is 1.42. The molecule has 1 aromatic carbocycles. The first-order chi connectivity index (χ1) is 10.2. The largest absolute Gasteiger partial charge is 0.490 e. The predicted octanol–water partition coefficient (Wildman–Crippen LogP) is 3.11. The van der Waals surface area contributed by atoms with Crippen LogP contribution in [0.5, 0.6) is 11.5 Å². The smallest absolute Gasteiger partial charge is 0.175 e. The molecule has 0 radical (unpaired) electrons. The molecule has 0 unspecified atom stereocenters. The molecule has 0 bridgehead atoms. The highest BCUT2D eigenvalue weighted by atomic mass is 79.9. The van der Waals surface area contributed by atoms with Crippen LogP contribution in [0, 0.1) is 0 Å². The standard InChI is InChI=1S/C14H17BrN4O2/c1-3-5-21-14-12(15)6-11(7-13(14)20-4-2)8-18-19-9-16-17-10-19/h6-10H,3-5H2,1-2H3/b18-8+. The Balaban J connectivity index is 2.27. The molecular weight excluding hydrogens is 336 g/mol. The number of hydrogen-bond acceptors (Lipinski definition) is 5. The molecule has 112 valence electrons. The fraction of sp³-hybridized carbons (Fsp3) is 0.357. The Morgan fingerprint density at radius 1 is 1.24 bits per heavy atom. The maximum atomic E-state index is 5.73. The summed E-state index contributed by atoms with van der Waals surface area (Å²) < 4.78 is 13.7. The summed E-state index contributed by atoms with van der Waals surface area (Å²) in [5, 5.41) is 11.6. The first-order valence-electron chi connectivity index (χ1n) is 6.72. The molecule has 1 heterocycles. The number of hydrogen-bond donors (Lipinski definition) is 0. The molecule has 1 aromatic heterocycles. The second-order valence-corrected chi connectivity index (χ2v) is 5.05. The Morgan fingerprint density at radius 2 is 2.00 bits per heavy atom. The second kappa shape index (κ2) is 7.78. The lowest BCUT2D eigenvalue weighted by Crippen LogP contribution is -2.02. The molecule has 0 saturated carbocycles. The van der Waals surface area contributed by atoms with Gasteiger partial charge in [-0.25, -0.2) is 4.68 Å². The van der Waals surface area contributed by atoms with E-state index in [0.717, 1.165) is 22.2 Å². The SMILES string of the molecule is CCCOc1c(Br)cc(/C=N/n2cnnc2)cc1OCC. The molecule has 6 nitrogen and oxygen atoms in total. The molecule has 0 aliphatic carbocycles. The van der Waals surface area contributed by atoms with Crippen LogP contribution in [-0.2, 0) is 0 Å². The van der Waals surface area contributed by atoms with Crippen molar-refractivity contribution in [2.24, 2.45) is 5.10 Å². The van der Waals surface area contributed by atoms with Gasteiger partial charge >= 0.3 is 0 Å². The summed E-state index contributed by atoms with van der Waals surface area (Å²) in [6.07, 6.45) is 5.69. The fourth-order valence-corrected chi connectivity index (χ4v) is 2.23. The van der Waals surface area contributed by atoms with Crippen LogP contribution >= 0.6 is 15.9 Å². The maximum Gasteiger partial charge on any atom is 0.175 e. The van der Waals surface area contributed by atoms with E-state index in [-0.39, 0.29) is 0 Å². The lowest BCUT2D eigenvalue weighted by Gasteiger charge is -2.14. The number of ether oxygens (including phenoxy) is 2. The molecule has 0 amide bonds. The Morgan fingerprint density at radius 3 is 2.67 bits per heavy atom. The van der Waals surface area contributed by atoms with Crippen molar-refractivity contribution in [2.45, 2.75) is 20.3 Å². The zero-order valence-corrected chi connectivity index (χ0v) is 13.6. The van der Waals surface area contributed by atoms with Crippen LogP contribution in [0.15, 0.2) is 34.4 Å². The van der Waals surface area contributed by atoms with Crippen molar-refractivity contribution in [3.8, 4) is 11.5 Å². The van der Waals surface area contributed by atoms with Crippen LogP contribution in [0.1, 0.15) is 25.8 Å². The van der Waals surface area contributed by atoms with E-state index < -0.39 is 0 Å². The molecule has 2 aromatic rings. The molecule has 7 heteroatoms. The summed E-state index contributed by atoms with van der Waals surface area (Å²) in [6, 6.07) is 3.83.